The molecule has 0 saturated heterocycles. The Balaban J connectivity index is 1.54. The lowest BCUT2D eigenvalue weighted by atomic mass is 10.1. The van der Waals surface area contributed by atoms with E-state index in [9.17, 15) is 22.0 Å². The molecule has 1 saturated carbocycles. The molecule has 5 rings (SSSR count). The largest absolute Gasteiger partial charge is 0.352 e. The summed E-state index contributed by atoms with van der Waals surface area (Å²) in [5.74, 6) is -4.74. The number of ketones is 1. The number of carbonyl (C=O) groups excluding carboxylic acids is 1. The van der Waals surface area contributed by atoms with Crippen LogP contribution in [0.5, 0.6) is 0 Å². The number of benzene rings is 1. The maximum atomic E-state index is 13.4. The van der Waals surface area contributed by atoms with Crippen LogP contribution in [0.25, 0.3) is 11.1 Å². The fourth-order valence-electron chi connectivity index (χ4n) is 4.39. The Morgan fingerprint density at radius 1 is 1.24 bits per heavy atom. The predicted octanol–water partition coefficient (Wildman–Crippen LogP) is 4.04. The highest BCUT2D eigenvalue weighted by atomic mass is 32.2. The van der Waals surface area contributed by atoms with Crippen molar-refractivity contribution in [2.24, 2.45) is 18.0 Å². The van der Waals surface area contributed by atoms with E-state index < -0.39 is 34.1 Å². The molecule has 1 aliphatic carbocycles. The molecule has 3 heterocycles. The van der Waals surface area contributed by atoms with Crippen molar-refractivity contribution in [3.05, 3.63) is 48.0 Å². The maximum absolute atomic E-state index is 13.4. The molecule has 0 radical (unpaired) electrons. The summed E-state index contributed by atoms with van der Waals surface area (Å²) in [4.78, 5) is 21.5. The van der Waals surface area contributed by atoms with Crippen LogP contribution in [0.3, 0.4) is 0 Å². The number of sulfonamides is 1. The zero-order valence-electron chi connectivity index (χ0n) is 20.8. The number of fused-ring (bicyclic) bond motifs is 1. The van der Waals surface area contributed by atoms with Crippen molar-refractivity contribution in [2.75, 3.05) is 22.9 Å². The molecule has 1 atom stereocenters. The number of nitrogens with zero attached hydrogens (tertiary/aromatic N) is 5. The van der Waals surface area contributed by atoms with Crippen LogP contribution >= 0.6 is 0 Å². The molecule has 2 aliphatic rings. The number of pyridine rings is 1. The lowest BCUT2D eigenvalue weighted by Crippen LogP contribution is -2.25. The molecule has 1 N–H and O–H groups in total. The first-order valence-electron chi connectivity index (χ1n) is 11.6. The zero-order chi connectivity index (χ0) is 26.7. The number of aryl methyl sites for hydroxylation is 1. The fraction of sp³-hybridized carbons (Fsp3) is 0.360. The zero-order valence-corrected chi connectivity index (χ0v) is 21.6. The normalized spacial score (nSPS) is 17.8. The minimum atomic E-state index is -3.61. The molecule has 37 heavy (non-hydrogen) atoms. The number of alkyl halides is 2. The van der Waals surface area contributed by atoms with E-state index in [1.807, 2.05) is 19.2 Å². The molecule has 1 aliphatic heterocycles. The summed E-state index contributed by atoms with van der Waals surface area (Å²) < 4.78 is 54.6. The van der Waals surface area contributed by atoms with Gasteiger partial charge in [-0.1, -0.05) is 6.07 Å². The average Bonchev–Trinajstić information content (AvgIpc) is 3.09. The Bertz CT molecular complexity index is 1560. The van der Waals surface area contributed by atoms with Crippen molar-refractivity contribution in [1.29, 1.82) is 0 Å². The van der Waals surface area contributed by atoms with Crippen molar-refractivity contribution >= 4 is 44.3 Å². The third-order valence-corrected chi connectivity index (χ3v) is 7.75. The maximum Gasteiger partial charge on any atom is 0.258 e. The smallest absolute Gasteiger partial charge is 0.258 e. The molecule has 0 bridgehead atoms. The molecule has 0 amide bonds. The van der Waals surface area contributed by atoms with E-state index in [0.29, 0.717) is 40.6 Å². The van der Waals surface area contributed by atoms with Crippen molar-refractivity contribution in [3.63, 3.8) is 0 Å². The number of halogens is 2. The quantitative estimate of drug-likeness (QED) is 0.473. The fourth-order valence-corrected chi connectivity index (χ4v) is 4.90. The molecule has 1 fully saturated rings. The second-order valence-electron chi connectivity index (χ2n) is 9.63. The van der Waals surface area contributed by atoms with Gasteiger partial charge in [-0.25, -0.2) is 17.2 Å². The van der Waals surface area contributed by atoms with E-state index in [4.69, 9.17) is 0 Å². The van der Waals surface area contributed by atoms with Gasteiger partial charge in [-0.15, -0.1) is 0 Å². The van der Waals surface area contributed by atoms with Gasteiger partial charge in [0.2, 0.25) is 10.0 Å². The van der Waals surface area contributed by atoms with Crippen molar-refractivity contribution in [2.45, 2.75) is 32.1 Å². The second-order valence-corrected chi connectivity index (χ2v) is 11.6. The van der Waals surface area contributed by atoms with Gasteiger partial charge in [0.25, 0.3) is 5.92 Å². The SMILES string of the molecule is CC1=Nc2c(Nc3ccc(-c4cnn(C)c4)cc3N(C)S(C)(=O)=O)cc(CC(=O)[C@@H]3CC3(F)F)nc2C1. The number of Topliss-reactive ketones (excluding diaryl/α,β-unsaturated/α-hetero) is 1. The van der Waals surface area contributed by atoms with Crippen molar-refractivity contribution in [1.82, 2.24) is 14.8 Å². The Hall–Kier alpha value is -3.67. The predicted molar refractivity (Wildman–Crippen MR) is 138 cm³/mol. The monoisotopic (exact) mass is 528 g/mol. The van der Waals surface area contributed by atoms with Gasteiger partial charge < -0.3 is 5.32 Å². The van der Waals surface area contributed by atoms with Gasteiger partial charge in [-0.2, -0.15) is 5.10 Å². The van der Waals surface area contributed by atoms with E-state index in [0.717, 1.165) is 23.1 Å². The Labute approximate surface area is 213 Å². The number of nitrogens with one attached hydrogen (secondary N) is 1. The van der Waals surface area contributed by atoms with Crippen LogP contribution in [-0.4, -0.2) is 53.9 Å². The molecule has 3 aromatic rings. The summed E-state index contributed by atoms with van der Waals surface area (Å²) in [6.45, 7) is 1.85. The summed E-state index contributed by atoms with van der Waals surface area (Å²) in [5.41, 5.74) is 5.39. The van der Waals surface area contributed by atoms with Gasteiger partial charge in [0.05, 0.1) is 46.8 Å². The molecule has 9 nitrogen and oxygen atoms in total. The first-order valence-corrected chi connectivity index (χ1v) is 13.5. The van der Waals surface area contributed by atoms with E-state index in [1.54, 1.807) is 36.1 Å². The van der Waals surface area contributed by atoms with Gasteiger partial charge in [-0.3, -0.25) is 23.8 Å². The second kappa shape index (κ2) is 8.72. The van der Waals surface area contributed by atoms with Crippen LogP contribution in [0.2, 0.25) is 0 Å². The summed E-state index contributed by atoms with van der Waals surface area (Å²) in [7, 11) is -0.351. The number of carbonyl (C=O) groups is 1. The lowest BCUT2D eigenvalue weighted by Gasteiger charge is -2.22. The molecular formula is C25H26F2N6O3S. The van der Waals surface area contributed by atoms with Crippen LogP contribution in [0.1, 0.15) is 24.7 Å². The summed E-state index contributed by atoms with van der Waals surface area (Å²) in [6.07, 6.45) is 4.47. The summed E-state index contributed by atoms with van der Waals surface area (Å²) in [6, 6.07) is 6.97. The van der Waals surface area contributed by atoms with Crippen LogP contribution in [0, 0.1) is 5.92 Å². The van der Waals surface area contributed by atoms with Crippen molar-refractivity contribution < 1.29 is 22.0 Å². The number of rotatable bonds is 8. The Morgan fingerprint density at radius 2 is 1.97 bits per heavy atom. The molecule has 12 heteroatoms. The summed E-state index contributed by atoms with van der Waals surface area (Å²) in [5, 5.41) is 7.46. The van der Waals surface area contributed by atoms with Gasteiger partial charge in [0, 0.05) is 50.8 Å². The van der Waals surface area contributed by atoms with E-state index in [-0.39, 0.29) is 6.42 Å². The van der Waals surface area contributed by atoms with Crippen LogP contribution in [-0.2, 0) is 34.7 Å². The number of aromatic nitrogens is 3. The third kappa shape index (κ3) is 4.97. The van der Waals surface area contributed by atoms with E-state index >= 15 is 0 Å². The van der Waals surface area contributed by atoms with Gasteiger partial charge in [0.15, 0.2) is 0 Å². The van der Waals surface area contributed by atoms with Crippen LogP contribution in [0.4, 0.5) is 31.5 Å². The molecule has 1 aromatic carbocycles. The first kappa shape index (κ1) is 25.0. The summed E-state index contributed by atoms with van der Waals surface area (Å²) >= 11 is 0. The number of hydrogen-bond acceptors (Lipinski definition) is 7. The number of aliphatic imine (C=N–C) groups is 1. The molecule has 0 spiro atoms. The molecule has 0 unspecified atom stereocenters. The third-order valence-electron chi connectivity index (χ3n) is 6.56. The van der Waals surface area contributed by atoms with E-state index in [2.05, 4.69) is 20.4 Å². The first-order chi connectivity index (χ1) is 17.3. The highest BCUT2D eigenvalue weighted by Gasteiger charge is 2.60. The highest BCUT2D eigenvalue weighted by molar-refractivity contribution is 7.92. The van der Waals surface area contributed by atoms with Gasteiger partial charge in [0.1, 0.15) is 11.5 Å². The minimum absolute atomic E-state index is 0.211. The van der Waals surface area contributed by atoms with Gasteiger partial charge >= 0.3 is 0 Å². The molecule has 2 aromatic heterocycles. The van der Waals surface area contributed by atoms with Crippen LogP contribution in [0.15, 0.2) is 41.7 Å². The molecular weight excluding hydrogens is 502 g/mol. The Kier molecular flexibility index (Phi) is 5.89. The Morgan fingerprint density at radius 3 is 2.59 bits per heavy atom. The number of hydrogen-bond donors (Lipinski definition) is 1. The topological polar surface area (TPSA) is 110 Å². The van der Waals surface area contributed by atoms with Crippen molar-refractivity contribution in [3.8, 4) is 11.1 Å². The van der Waals surface area contributed by atoms with Crippen LogP contribution < -0.4 is 9.62 Å². The molecule has 194 valence electrons. The highest BCUT2D eigenvalue weighted by Crippen LogP contribution is 2.49. The average molecular weight is 529 g/mol. The van der Waals surface area contributed by atoms with E-state index in [1.165, 1.54) is 11.4 Å². The standard InChI is InChI=1S/C25H26F2N6O3S/c1-14-7-20-24(29-14)21(9-17(30-20)10-23(34)18-11-25(18,26)27)31-19-6-5-15(16-12-28-32(2)13-16)8-22(19)33(3)37(4,35)36/h5-6,8-9,12-13,18H,7,10-11H2,1-4H3,(H,30,31)/t18-/m0/s1. The number of anilines is 3. The minimum Gasteiger partial charge on any atom is -0.352 e. The lowest BCUT2D eigenvalue weighted by molar-refractivity contribution is -0.121. The van der Waals surface area contributed by atoms with Gasteiger partial charge in [-0.05, 0) is 30.7 Å².